The van der Waals surface area contributed by atoms with E-state index in [1.807, 2.05) is 6.92 Å². The number of nitrogens with one attached hydrogen (secondary N) is 2. The molecule has 1 fully saturated rings. The Bertz CT molecular complexity index is 623. The quantitative estimate of drug-likeness (QED) is 0.878. The summed E-state index contributed by atoms with van der Waals surface area (Å²) in [4.78, 5) is 15.9. The molecule has 2 aromatic heterocycles. The molecule has 2 heterocycles. The summed E-state index contributed by atoms with van der Waals surface area (Å²) >= 11 is 0. The molecule has 0 bridgehead atoms. The van der Waals surface area contributed by atoms with Gasteiger partial charge in [0.2, 0.25) is 0 Å². The van der Waals surface area contributed by atoms with Crippen LogP contribution in [-0.2, 0) is 0 Å². The molecule has 6 heteroatoms. The Labute approximate surface area is 111 Å². The minimum Gasteiger partial charge on any atom is -0.370 e. The second-order valence-corrected chi connectivity index (χ2v) is 5.28. The summed E-state index contributed by atoms with van der Waals surface area (Å²) in [6.07, 6.45) is 6.68. The minimum absolute atomic E-state index is 0.238. The van der Waals surface area contributed by atoms with E-state index >= 15 is 0 Å². The highest BCUT2D eigenvalue weighted by Crippen LogP contribution is 2.27. The largest absolute Gasteiger partial charge is 0.370 e. The van der Waals surface area contributed by atoms with Crippen LogP contribution in [0.2, 0.25) is 0 Å². The van der Waals surface area contributed by atoms with Gasteiger partial charge in [-0.05, 0) is 19.3 Å². The maximum atomic E-state index is 11.5. The molecule has 3 rings (SSSR count). The highest BCUT2D eigenvalue weighted by atomic mass is 16.1. The molecule has 2 aromatic rings. The molecule has 0 saturated heterocycles. The fourth-order valence-corrected chi connectivity index (χ4v) is 2.89. The van der Waals surface area contributed by atoms with Gasteiger partial charge in [0.15, 0.2) is 5.65 Å². The highest BCUT2D eigenvalue weighted by Gasteiger charge is 2.14. The number of aryl methyl sites for hydroxylation is 1. The molecular weight excluding hydrogens is 242 g/mol. The second kappa shape index (κ2) is 5.03. The van der Waals surface area contributed by atoms with Gasteiger partial charge in [0.1, 0.15) is 11.6 Å². The van der Waals surface area contributed by atoms with E-state index in [4.69, 9.17) is 0 Å². The minimum atomic E-state index is -0.238. The summed E-state index contributed by atoms with van der Waals surface area (Å²) in [5.41, 5.74) is 0.373. The molecular formula is C13H19N5O. The normalized spacial score (nSPS) is 16.3. The molecule has 0 aromatic carbocycles. The van der Waals surface area contributed by atoms with E-state index in [0.29, 0.717) is 11.5 Å². The molecule has 102 valence electrons. The van der Waals surface area contributed by atoms with Crippen molar-refractivity contribution >= 4 is 11.5 Å². The van der Waals surface area contributed by atoms with Crippen molar-refractivity contribution in [3.05, 3.63) is 22.4 Å². The number of fused-ring (bicyclic) bond motifs is 1. The van der Waals surface area contributed by atoms with Crippen LogP contribution in [0.15, 0.2) is 10.9 Å². The summed E-state index contributed by atoms with van der Waals surface area (Å²) < 4.78 is 1.47. The Hall–Kier alpha value is -1.85. The lowest BCUT2D eigenvalue weighted by atomic mass is 10.0. The van der Waals surface area contributed by atoms with Crippen molar-refractivity contribution in [2.24, 2.45) is 5.92 Å². The Morgan fingerprint density at radius 2 is 2.26 bits per heavy atom. The third-order valence-electron chi connectivity index (χ3n) is 3.90. The van der Waals surface area contributed by atoms with E-state index in [9.17, 15) is 4.79 Å². The van der Waals surface area contributed by atoms with Crippen molar-refractivity contribution in [3.63, 3.8) is 0 Å². The van der Waals surface area contributed by atoms with Gasteiger partial charge in [0.05, 0.1) is 0 Å². The van der Waals surface area contributed by atoms with Crippen molar-refractivity contribution in [3.8, 4) is 0 Å². The molecule has 1 aliphatic rings. The van der Waals surface area contributed by atoms with Crippen LogP contribution in [-0.4, -0.2) is 26.1 Å². The Balaban J connectivity index is 1.69. The zero-order chi connectivity index (χ0) is 13.2. The Morgan fingerprint density at radius 1 is 1.47 bits per heavy atom. The lowest BCUT2D eigenvalue weighted by molar-refractivity contribution is 0.518. The summed E-state index contributed by atoms with van der Waals surface area (Å²) in [5.74, 6) is 2.31. The number of nitrogens with zero attached hydrogens (tertiary/aromatic N) is 3. The van der Waals surface area contributed by atoms with Crippen LogP contribution < -0.4 is 11.0 Å². The van der Waals surface area contributed by atoms with Gasteiger partial charge in [-0.3, -0.25) is 0 Å². The lowest BCUT2D eigenvalue weighted by Gasteiger charge is -2.10. The van der Waals surface area contributed by atoms with Gasteiger partial charge in [-0.2, -0.15) is 5.10 Å². The predicted octanol–water partition coefficient (Wildman–Crippen LogP) is 1.72. The zero-order valence-corrected chi connectivity index (χ0v) is 11.1. The van der Waals surface area contributed by atoms with Gasteiger partial charge in [-0.1, -0.05) is 25.7 Å². The Kier molecular flexibility index (Phi) is 3.23. The number of aromatic amines is 1. The third-order valence-corrected chi connectivity index (χ3v) is 3.90. The van der Waals surface area contributed by atoms with E-state index in [2.05, 4.69) is 20.5 Å². The summed E-state index contributed by atoms with van der Waals surface area (Å²) in [5, 5.41) is 9.74. The molecule has 0 radical (unpaired) electrons. The van der Waals surface area contributed by atoms with Crippen LogP contribution >= 0.6 is 0 Å². The van der Waals surface area contributed by atoms with Crippen molar-refractivity contribution < 1.29 is 0 Å². The van der Waals surface area contributed by atoms with E-state index in [-0.39, 0.29) is 5.69 Å². The number of hydrogen-bond acceptors (Lipinski definition) is 4. The van der Waals surface area contributed by atoms with E-state index < -0.39 is 0 Å². The van der Waals surface area contributed by atoms with Gasteiger partial charge in [-0.25, -0.2) is 19.3 Å². The molecule has 6 nitrogen and oxygen atoms in total. The molecule has 1 aliphatic carbocycles. The average Bonchev–Trinajstić information content (AvgIpc) is 3.00. The second-order valence-electron chi connectivity index (χ2n) is 5.28. The third kappa shape index (κ3) is 2.47. The fourth-order valence-electron chi connectivity index (χ4n) is 2.89. The molecule has 0 aliphatic heterocycles. The summed E-state index contributed by atoms with van der Waals surface area (Å²) in [7, 11) is 0. The van der Waals surface area contributed by atoms with Crippen LogP contribution in [0.25, 0.3) is 5.65 Å². The first-order chi connectivity index (χ1) is 9.24. The number of rotatable bonds is 4. The van der Waals surface area contributed by atoms with Crippen LogP contribution in [0.3, 0.4) is 0 Å². The first-order valence-electron chi connectivity index (χ1n) is 6.93. The van der Waals surface area contributed by atoms with Gasteiger partial charge in [0, 0.05) is 12.6 Å². The standard InChI is InChI=1S/C13H19N5O/c1-9-15-11(8-12-16-17-13(19)18(9)12)14-7-6-10-4-2-3-5-10/h8,10,14H,2-7H2,1H3,(H,17,19). The molecule has 0 amide bonds. The maximum Gasteiger partial charge on any atom is 0.349 e. The van der Waals surface area contributed by atoms with Gasteiger partial charge < -0.3 is 5.32 Å². The van der Waals surface area contributed by atoms with Crippen LogP contribution in [0, 0.1) is 12.8 Å². The summed E-state index contributed by atoms with van der Waals surface area (Å²) in [6, 6.07) is 1.81. The maximum absolute atomic E-state index is 11.5. The van der Waals surface area contributed by atoms with Crippen LogP contribution in [0.1, 0.15) is 37.9 Å². The van der Waals surface area contributed by atoms with Gasteiger partial charge in [0.25, 0.3) is 0 Å². The van der Waals surface area contributed by atoms with Gasteiger partial charge >= 0.3 is 5.69 Å². The molecule has 0 spiro atoms. The number of anilines is 1. The smallest absolute Gasteiger partial charge is 0.349 e. The average molecular weight is 261 g/mol. The molecule has 1 saturated carbocycles. The summed E-state index contributed by atoms with van der Waals surface area (Å²) in [6.45, 7) is 2.74. The lowest BCUT2D eigenvalue weighted by Crippen LogP contribution is -2.14. The molecule has 0 atom stereocenters. The van der Waals surface area contributed by atoms with Crippen molar-refractivity contribution in [2.45, 2.75) is 39.0 Å². The van der Waals surface area contributed by atoms with E-state index in [1.165, 1.54) is 36.5 Å². The monoisotopic (exact) mass is 261 g/mol. The number of H-pyrrole nitrogens is 1. The fraction of sp³-hybridized carbons (Fsp3) is 0.615. The SMILES string of the molecule is Cc1nc(NCCC2CCCC2)cc2n[nH]c(=O)n12. The first kappa shape index (κ1) is 12.2. The van der Waals surface area contributed by atoms with Crippen molar-refractivity contribution in [2.75, 3.05) is 11.9 Å². The molecule has 19 heavy (non-hydrogen) atoms. The number of hydrogen-bond donors (Lipinski definition) is 2. The molecule has 2 N–H and O–H groups in total. The predicted molar refractivity (Wildman–Crippen MR) is 73.4 cm³/mol. The first-order valence-corrected chi connectivity index (χ1v) is 6.93. The highest BCUT2D eigenvalue weighted by molar-refractivity contribution is 5.49. The van der Waals surface area contributed by atoms with Crippen LogP contribution in [0.4, 0.5) is 5.82 Å². The van der Waals surface area contributed by atoms with Crippen molar-refractivity contribution in [1.82, 2.24) is 19.6 Å². The van der Waals surface area contributed by atoms with Gasteiger partial charge in [-0.15, -0.1) is 0 Å². The zero-order valence-electron chi connectivity index (χ0n) is 11.1. The van der Waals surface area contributed by atoms with Crippen LogP contribution in [0.5, 0.6) is 0 Å². The Morgan fingerprint density at radius 3 is 3.05 bits per heavy atom. The number of aromatic nitrogens is 4. The van der Waals surface area contributed by atoms with Crippen molar-refractivity contribution in [1.29, 1.82) is 0 Å². The van der Waals surface area contributed by atoms with E-state index in [1.54, 1.807) is 6.07 Å². The van der Waals surface area contributed by atoms with E-state index in [0.717, 1.165) is 18.3 Å². The topological polar surface area (TPSA) is 75.1 Å². The molecule has 0 unspecified atom stereocenters.